The summed E-state index contributed by atoms with van der Waals surface area (Å²) in [7, 11) is 0. The molecule has 1 atom stereocenters. The van der Waals surface area contributed by atoms with E-state index in [9.17, 15) is 22.8 Å². The summed E-state index contributed by atoms with van der Waals surface area (Å²) < 4.78 is 53.4. The molecule has 5 rings (SSSR count). The molecule has 1 unspecified atom stereocenters. The van der Waals surface area contributed by atoms with E-state index in [1.165, 1.54) is 30.9 Å². The van der Waals surface area contributed by atoms with Crippen LogP contribution in [-0.4, -0.2) is 55.4 Å². The number of hydrogen-bond acceptors (Lipinski definition) is 7. The van der Waals surface area contributed by atoms with Gasteiger partial charge in [-0.1, -0.05) is 30.3 Å². The van der Waals surface area contributed by atoms with Crippen molar-refractivity contribution in [2.24, 2.45) is 0 Å². The number of morpholine rings is 1. The zero-order chi connectivity index (χ0) is 24.9. The number of rotatable bonds is 3. The molecule has 0 spiro atoms. The molecule has 1 fully saturated rings. The van der Waals surface area contributed by atoms with E-state index in [4.69, 9.17) is 9.15 Å². The first kappa shape index (κ1) is 22.8. The summed E-state index contributed by atoms with van der Waals surface area (Å²) in [5.41, 5.74) is -2.08. The molecular weight excluding hydrogens is 469 g/mol. The minimum absolute atomic E-state index is 0.0511. The molecule has 1 aliphatic rings. The van der Waals surface area contributed by atoms with Crippen LogP contribution in [0.25, 0.3) is 28.2 Å². The van der Waals surface area contributed by atoms with Crippen LogP contribution in [0.15, 0.2) is 39.5 Å². The summed E-state index contributed by atoms with van der Waals surface area (Å²) >= 11 is 0. The number of hydrogen-bond donors (Lipinski definition) is 1. The zero-order valence-electron chi connectivity index (χ0n) is 18.6. The van der Waals surface area contributed by atoms with Gasteiger partial charge in [0.05, 0.1) is 18.8 Å². The Kier molecular flexibility index (Phi) is 5.43. The van der Waals surface area contributed by atoms with Crippen molar-refractivity contribution in [1.29, 1.82) is 0 Å². The lowest BCUT2D eigenvalue weighted by atomic mass is 10.1. The van der Waals surface area contributed by atoms with Gasteiger partial charge in [-0.25, -0.2) is 0 Å². The van der Waals surface area contributed by atoms with Gasteiger partial charge in [-0.2, -0.15) is 22.8 Å². The lowest BCUT2D eigenvalue weighted by molar-refractivity contribution is -0.141. The number of benzene rings is 1. The van der Waals surface area contributed by atoms with Crippen molar-refractivity contribution in [2.45, 2.75) is 26.1 Å². The van der Waals surface area contributed by atoms with E-state index in [-0.39, 0.29) is 52.3 Å². The highest BCUT2D eigenvalue weighted by Crippen LogP contribution is 2.38. The number of aromatic nitrogens is 5. The number of nitrogens with one attached hydrogen (secondary N) is 1. The van der Waals surface area contributed by atoms with Crippen LogP contribution in [0.1, 0.15) is 30.2 Å². The van der Waals surface area contributed by atoms with Gasteiger partial charge >= 0.3 is 6.18 Å². The van der Waals surface area contributed by atoms with Crippen LogP contribution >= 0.6 is 0 Å². The van der Waals surface area contributed by atoms with E-state index >= 15 is 0 Å². The van der Waals surface area contributed by atoms with Gasteiger partial charge in [0, 0.05) is 19.2 Å². The molecule has 1 amide bonds. The van der Waals surface area contributed by atoms with Crippen LogP contribution in [0.3, 0.4) is 0 Å². The maximum absolute atomic E-state index is 13.9. The van der Waals surface area contributed by atoms with Crippen molar-refractivity contribution in [1.82, 2.24) is 29.7 Å². The lowest BCUT2D eigenvalue weighted by Crippen LogP contribution is -2.42. The number of aromatic amines is 1. The van der Waals surface area contributed by atoms with Gasteiger partial charge in [-0.3, -0.25) is 9.59 Å². The van der Waals surface area contributed by atoms with Crippen molar-refractivity contribution < 1.29 is 27.1 Å². The fraction of sp³-hybridized carbons (Fsp3) is 0.318. The number of halogens is 3. The fourth-order valence-corrected chi connectivity index (χ4v) is 4.17. The molecular formula is C22H19F3N6O4. The second kappa shape index (κ2) is 8.34. The first-order chi connectivity index (χ1) is 16.7. The summed E-state index contributed by atoms with van der Waals surface area (Å²) in [6.07, 6.45) is -4.81. The van der Waals surface area contributed by atoms with Gasteiger partial charge < -0.3 is 19.0 Å². The van der Waals surface area contributed by atoms with Crippen molar-refractivity contribution in [3.8, 4) is 22.6 Å². The van der Waals surface area contributed by atoms with Gasteiger partial charge in [0.1, 0.15) is 17.3 Å². The molecule has 0 radical (unpaired) electrons. The Labute approximate surface area is 195 Å². The van der Waals surface area contributed by atoms with Crippen LogP contribution in [-0.2, 0) is 15.7 Å². The van der Waals surface area contributed by atoms with Crippen molar-refractivity contribution in [3.63, 3.8) is 0 Å². The smallest absolute Gasteiger partial charge is 0.418 e. The van der Waals surface area contributed by atoms with Crippen LogP contribution in [0.2, 0.25) is 0 Å². The van der Waals surface area contributed by atoms with Crippen molar-refractivity contribution >= 4 is 11.6 Å². The summed E-state index contributed by atoms with van der Waals surface area (Å²) in [6.45, 7) is 3.74. The number of alkyl halides is 3. The number of ether oxygens (including phenoxy) is 1. The molecule has 0 aliphatic carbocycles. The third kappa shape index (κ3) is 3.87. The molecule has 3 aromatic heterocycles. The molecule has 35 heavy (non-hydrogen) atoms. The predicted molar refractivity (Wildman–Crippen MR) is 115 cm³/mol. The fourth-order valence-electron chi connectivity index (χ4n) is 4.17. The minimum atomic E-state index is -4.81. The molecule has 4 heterocycles. The number of carbonyl (C=O) groups excluding carboxylic acids is 1. The Morgan fingerprint density at radius 3 is 2.60 bits per heavy atom. The van der Waals surface area contributed by atoms with Gasteiger partial charge in [-0.05, 0) is 12.5 Å². The van der Waals surface area contributed by atoms with Crippen molar-refractivity contribution in [3.05, 3.63) is 58.0 Å². The highest BCUT2D eigenvalue weighted by molar-refractivity contribution is 5.81. The average molecular weight is 488 g/mol. The lowest BCUT2D eigenvalue weighted by Gasteiger charge is -2.32. The average Bonchev–Trinajstić information content (AvgIpc) is 3.45. The summed E-state index contributed by atoms with van der Waals surface area (Å²) in [6, 6.07) is 7.23. The Morgan fingerprint density at radius 2 is 1.91 bits per heavy atom. The number of fused-ring (bicyclic) bond motifs is 1. The zero-order valence-corrected chi connectivity index (χ0v) is 18.6. The summed E-state index contributed by atoms with van der Waals surface area (Å²) in [4.78, 5) is 29.7. The standard InChI is InChI=1S/C22H19F3N6O4/c1-11-15(20-28-27-19(35-20)14-10-34-9-8-30(14)12(2)32)21(33)31-18(26-11)16(13-6-4-3-5-7-13)17(29-31)22(23,24)25/h3-7,14,26H,8-10H2,1-2H3. The largest absolute Gasteiger partial charge is 0.435 e. The van der Waals surface area contributed by atoms with Gasteiger partial charge in [0.25, 0.3) is 11.4 Å². The molecule has 182 valence electrons. The van der Waals surface area contributed by atoms with Crippen LogP contribution < -0.4 is 5.56 Å². The molecule has 1 N–H and O–H groups in total. The van der Waals surface area contributed by atoms with Gasteiger partial charge in [-0.15, -0.1) is 10.2 Å². The number of H-pyrrole nitrogens is 1. The number of amides is 1. The Hall–Kier alpha value is -4.00. The SMILES string of the molecule is CC(=O)N1CCOCC1c1nnc(-c2c(C)[nH]c3c(-c4ccccc4)c(C(F)(F)F)nn3c2=O)o1. The first-order valence-electron chi connectivity index (χ1n) is 10.6. The number of aryl methyl sites for hydroxylation is 1. The number of nitrogens with zero attached hydrogens (tertiary/aromatic N) is 5. The summed E-state index contributed by atoms with van der Waals surface area (Å²) in [5, 5.41) is 11.5. The Balaban J connectivity index is 1.66. The molecule has 1 saturated heterocycles. The highest BCUT2D eigenvalue weighted by Gasteiger charge is 2.40. The second-order valence-electron chi connectivity index (χ2n) is 8.03. The molecule has 1 aromatic carbocycles. The minimum Gasteiger partial charge on any atom is -0.418 e. The van der Waals surface area contributed by atoms with Crippen molar-refractivity contribution in [2.75, 3.05) is 19.8 Å². The van der Waals surface area contributed by atoms with Crippen LogP contribution in [0.5, 0.6) is 0 Å². The molecule has 1 aliphatic heterocycles. The van der Waals surface area contributed by atoms with Crippen LogP contribution in [0.4, 0.5) is 13.2 Å². The molecule has 0 saturated carbocycles. The van der Waals surface area contributed by atoms with Gasteiger partial charge in [0.15, 0.2) is 5.69 Å². The maximum Gasteiger partial charge on any atom is 0.435 e. The quantitative estimate of drug-likeness (QED) is 0.471. The third-order valence-corrected chi connectivity index (χ3v) is 5.78. The number of carbonyl (C=O) groups is 1. The maximum atomic E-state index is 13.9. The normalized spacial score (nSPS) is 16.7. The van der Waals surface area contributed by atoms with E-state index in [2.05, 4.69) is 20.3 Å². The van der Waals surface area contributed by atoms with E-state index in [1.807, 2.05) is 0 Å². The van der Waals surface area contributed by atoms with E-state index in [0.29, 0.717) is 17.7 Å². The summed E-state index contributed by atoms with van der Waals surface area (Å²) in [5.74, 6) is -0.367. The first-order valence-corrected chi connectivity index (χ1v) is 10.6. The third-order valence-electron chi connectivity index (χ3n) is 5.78. The predicted octanol–water partition coefficient (Wildman–Crippen LogP) is 2.99. The highest BCUT2D eigenvalue weighted by atomic mass is 19.4. The topological polar surface area (TPSA) is 119 Å². The van der Waals surface area contributed by atoms with E-state index in [0.717, 1.165) is 0 Å². The van der Waals surface area contributed by atoms with Crippen LogP contribution in [0, 0.1) is 6.92 Å². The Bertz CT molecular complexity index is 1470. The molecule has 4 aromatic rings. The second-order valence-corrected chi connectivity index (χ2v) is 8.03. The monoisotopic (exact) mass is 488 g/mol. The molecule has 10 nitrogen and oxygen atoms in total. The Morgan fingerprint density at radius 1 is 1.17 bits per heavy atom. The molecule has 13 heteroatoms. The van der Waals surface area contributed by atoms with E-state index in [1.54, 1.807) is 18.2 Å². The molecule has 0 bridgehead atoms. The van der Waals surface area contributed by atoms with E-state index < -0.39 is 23.5 Å². The van der Waals surface area contributed by atoms with Gasteiger partial charge in [0.2, 0.25) is 11.8 Å².